The van der Waals surface area contributed by atoms with Crippen molar-refractivity contribution in [3.63, 3.8) is 0 Å². The number of fused-ring (bicyclic) bond motifs is 1. The molecule has 29 heavy (non-hydrogen) atoms. The fraction of sp³-hybridized carbons (Fsp3) is 0.286. The van der Waals surface area contributed by atoms with Gasteiger partial charge in [-0.2, -0.15) is 0 Å². The van der Waals surface area contributed by atoms with Gasteiger partial charge in [0.15, 0.2) is 0 Å². The van der Waals surface area contributed by atoms with Crippen LogP contribution in [0.2, 0.25) is 0 Å². The Kier molecular flexibility index (Phi) is 5.19. The molecular formula is C21H22N4O3S. The Morgan fingerprint density at radius 2 is 1.55 bits per heavy atom. The van der Waals surface area contributed by atoms with Crippen LogP contribution in [0.15, 0.2) is 54.6 Å². The summed E-state index contributed by atoms with van der Waals surface area (Å²) < 4.78 is 0. The number of carbonyl (C=O) groups is 3. The molecule has 2 unspecified atom stereocenters. The third kappa shape index (κ3) is 4.07. The minimum atomic E-state index is -0.450. The van der Waals surface area contributed by atoms with E-state index < -0.39 is 6.04 Å². The lowest BCUT2D eigenvalue weighted by Crippen LogP contribution is -2.48. The van der Waals surface area contributed by atoms with Crippen LogP contribution in [-0.4, -0.2) is 39.4 Å². The molecule has 0 spiro atoms. The molecule has 0 radical (unpaired) electrons. The number of carbonyl (C=O) groups excluding carboxylic acids is 3. The van der Waals surface area contributed by atoms with Gasteiger partial charge in [-0.15, -0.1) is 11.8 Å². The smallest absolute Gasteiger partial charge is 0.323 e. The second-order valence-electron chi connectivity index (χ2n) is 7.28. The second kappa shape index (κ2) is 7.79. The number of thioether (sulfide) groups is 1. The van der Waals surface area contributed by atoms with Crippen molar-refractivity contribution in [2.24, 2.45) is 0 Å². The number of benzene rings is 2. The third-order valence-electron chi connectivity index (χ3n) is 5.19. The first-order valence-electron chi connectivity index (χ1n) is 9.45. The van der Waals surface area contributed by atoms with Crippen LogP contribution in [0.25, 0.3) is 0 Å². The standard InChI is InChI=1S/C21H22N4O3S/c1-21-12-11-18(26)25(21)17(13-29-21)19(27)22-15-7-9-16(10-8-15)24-20(28)23-14-5-3-2-4-6-14/h2-10,17H,11-13H2,1H3,(H,22,27)(H2,23,24,28). The second-order valence-corrected chi connectivity index (χ2v) is 8.78. The number of nitrogens with one attached hydrogen (secondary N) is 3. The summed E-state index contributed by atoms with van der Waals surface area (Å²) in [7, 11) is 0. The van der Waals surface area contributed by atoms with E-state index in [9.17, 15) is 14.4 Å². The van der Waals surface area contributed by atoms with E-state index in [4.69, 9.17) is 0 Å². The maximum absolute atomic E-state index is 12.7. The Morgan fingerprint density at radius 1 is 0.966 bits per heavy atom. The molecule has 150 valence electrons. The van der Waals surface area contributed by atoms with Gasteiger partial charge < -0.3 is 20.9 Å². The number of anilines is 3. The van der Waals surface area contributed by atoms with Gasteiger partial charge in [0.25, 0.3) is 0 Å². The number of amides is 4. The van der Waals surface area contributed by atoms with Crippen molar-refractivity contribution in [3.8, 4) is 0 Å². The Bertz CT molecular complexity index is 935. The van der Waals surface area contributed by atoms with Crippen molar-refractivity contribution in [2.45, 2.75) is 30.7 Å². The lowest BCUT2D eigenvalue weighted by atomic mass is 10.2. The molecule has 2 aromatic carbocycles. The SMILES string of the molecule is CC12CCC(=O)N1C(C(=O)Nc1ccc(NC(=O)Nc3ccccc3)cc1)CS2. The van der Waals surface area contributed by atoms with Crippen LogP contribution in [0.3, 0.4) is 0 Å². The molecule has 2 aliphatic rings. The highest BCUT2D eigenvalue weighted by Crippen LogP contribution is 2.47. The van der Waals surface area contributed by atoms with Gasteiger partial charge in [-0.3, -0.25) is 9.59 Å². The first-order valence-corrected chi connectivity index (χ1v) is 10.4. The van der Waals surface area contributed by atoms with Crippen molar-refractivity contribution >= 4 is 46.7 Å². The van der Waals surface area contributed by atoms with E-state index >= 15 is 0 Å². The van der Waals surface area contributed by atoms with Gasteiger partial charge in [0.1, 0.15) is 6.04 Å². The Hall–Kier alpha value is -3.00. The minimum absolute atomic E-state index is 0.0432. The molecule has 8 heteroatoms. The van der Waals surface area contributed by atoms with E-state index in [1.54, 1.807) is 53.1 Å². The summed E-state index contributed by atoms with van der Waals surface area (Å²) >= 11 is 1.67. The molecule has 2 aliphatic heterocycles. The van der Waals surface area contributed by atoms with Crippen LogP contribution >= 0.6 is 11.8 Å². The molecule has 2 aromatic rings. The van der Waals surface area contributed by atoms with Crippen LogP contribution < -0.4 is 16.0 Å². The molecule has 0 aromatic heterocycles. The van der Waals surface area contributed by atoms with Crippen LogP contribution in [0.4, 0.5) is 21.9 Å². The molecule has 2 saturated heterocycles. The summed E-state index contributed by atoms with van der Waals surface area (Å²) in [4.78, 5) is 38.4. The van der Waals surface area contributed by atoms with E-state index in [-0.39, 0.29) is 22.7 Å². The Balaban J connectivity index is 1.34. The molecule has 0 aliphatic carbocycles. The monoisotopic (exact) mass is 410 g/mol. The van der Waals surface area contributed by atoms with E-state index in [0.29, 0.717) is 29.2 Å². The number of urea groups is 1. The number of para-hydroxylation sites is 1. The van der Waals surface area contributed by atoms with Gasteiger partial charge in [0.05, 0.1) is 4.87 Å². The van der Waals surface area contributed by atoms with Crippen molar-refractivity contribution in [2.75, 3.05) is 21.7 Å². The summed E-state index contributed by atoms with van der Waals surface area (Å²) in [6.45, 7) is 2.02. The zero-order valence-electron chi connectivity index (χ0n) is 16.0. The zero-order chi connectivity index (χ0) is 20.4. The van der Waals surface area contributed by atoms with Gasteiger partial charge in [-0.1, -0.05) is 18.2 Å². The van der Waals surface area contributed by atoms with Crippen molar-refractivity contribution in [1.29, 1.82) is 0 Å². The fourth-order valence-electron chi connectivity index (χ4n) is 3.69. The topological polar surface area (TPSA) is 90.5 Å². The summed E-state index contributed by atoms with van der Waals surface area (Å²) in [6, 6.07) is 15.3. The van der Waals surface area contributed by atoms with Gasteiger partial charge in [0.2, 0.25) is 11.8 Å². The first kappa shape index (κ1) is 19.3. The molecule has 3 N–H and O–H groups in total. The third-order valence-corrected chi connectivity index (χ3v) is 6.69. The molecular weight excluding hydrogens is 388 g/mol. The fourth-order valence-corrected chi connectivity index (χ4v) is 5.12. The number of nitrogens with zero attached hydrogens (tertiary/aromatic N) is 1. The summed E-state index contributed by atoms with van der Waals surface area (Å²) in [6.07, 6.45) is 1.28. The molecule has 7 nitrogen and oxygen atoms in total. The maximum atomic E-state index is 12.7. The Labute approximate surface area is 173 Å². The predicted molar refractivity (Wildman–Crippen MR) is 115 cm³/mol. The van der Waals surface area contributed by atoms with Gasteiger partial charge >= 0.3 is 6.03 Å². The normalized spacial score (nSPS) is 22.9. The van der Waals surface area contributed by atoms with Gasteiger partial charge in [-0.05, 0) is 49.7 Å². The number of hydrogen-bond acceptors (Lipinski definition) is 4. The van der Waals surface area contributed by atoms with Crippen molar-refractivity contribution in [1.82, 2.24) is 4.90 Å². The van der Waals surface area contributed by atoms with E-state index in [1.165, 1.54) is 0 Å². The lowest BCUT2D eigenvalue weighted by molar-refractivity contribution is -0.135. The summed E-state index contributed by atoms with van der Waals surface area (Å²) in [5, 5.41) is 8.37. The lowest BCUT2D eigenvalue weighted by Gasteiger charge is -2.29. The average Bonchev–Trinajstić information content (AvgIpc) is 3.20. The highest BCUT2D eigenvalue weighted by Gasteiger charge is 2.52. The highest BCUT2D eigenvalue weighted by molar-refractivity contribution is 8.01. The van der Waals surface area contributed by atoms with Crippen LogP contribution in [0.5, 0.6) is 0 Å². The number of hydrogen-bond donors (Lipinski definition) is 3. The quantitative estimate of drug-likeness (QED) is 0.716. The predicted octanol–water partition coefficient (Wildman–Crippen LogP) is 3.72. The zero-order valence-corrected chi connectivity index (χ0v) is 16.8. The highest BCUT2D eigenvalue weighted by atomic mass is 32.2. The van der Waals surface area contributed by atoms with Crippen LogP contribution in [0, 0.1) is 0 Å². The molecule has 2 fully saturated rings. The molecule has 2 atom stereocenters. The first-order chi connectivity index (χ1) is 13.9. The molecule has 0 bridgehead atoms. The molecule has 4 rings (SSSR count). The van der Waals surface area contributed by atoms with Crippen molar-refractivity contribution < 1.29 is 14.4 Å². The van der Waals surface area contributed by atoms with Crippen molar-refractivity contribution in [3.05, 3.63) is 54.6 Å². The van der Waals surface area contributed by atoms with E-state index in [0.717, 1.165) is 6.42 Å². The molecule has 4 amide bonds. The molecule has 0 saturated carbocycles. The number of rotatable bonds is 4. The molecule has 2 heterocycles. The average molecular weight is 410 g/mol. The maximum Gasteiger partial charge on any atom is 0.323 e. The van der Waals surface area contributed by atoms with Gasteiger partial charge in [-0.25, -0.2) is 4.79 Å². The largest absolute Gasteiger partial charge is 0.324 e. The van der Waals surface area contributed by atoms with E-state index in [2.05, 4.69) is 16.0 Å². The minimum Gasteiger partial charge on any atom is -0.324 e. The van der Waals surface area contributed by atoms with Gasteiger partial charge in [0, 0.05) is 29.2 Å². The summed E-state index contributed by atoms with van der Waals surface area (Å²) in [5.41, 5.74) is 1.93. The Morgan fingerprint density at radius 3 is 2.21 bits per heavy atom. The van der Waals surface area contributed by atoms with Crippen LogP contribution in [-0.2, 0) is 9.59 Å². The van der Waals surface area contributed by atoms with E-state index in [1.807, 2.05) is 25.1 Å². The summed E-state index contributed by atoms with van der Waals surface area (Å²) in [5.74, 6) is 0.466. The van der Waals surface area contributed by atoms with Crippen LogP contribution in [0.1, 0.15) is 19.8 Å².